The SMILES string of the molecule is CC[C@@H](C)NC(=O)[C@@H](Cc1ccccc1)N(Cc1ccc(Br)cc1)C(=O)CSCc1ccccc1Cl. The van der Waals surface area contributed by atoms with E-state index < -0.39 is 6.04 Å². The molecule has 0 saturated carbocycles. The summed E-state index contributed by atoms with van der Waals surface area (Å²) >= 11 is 11.3. The fourth-order valence-corrected chi connectivity index (χ4v) is 5.19. The lowest BCUT2D eigenvalue weighted by Crippen LogP contribution is -2.52. The largest absolute Gasteiger partial charge is 0.352 e. The van der Waals surface area contributed by atoms with Crippen LogP contribution < -0.4 is 5.32 Å². The number of halogens is 2. The van der Waals surface area contributed by atoms with E-state index in [1.165, 1.54) is 11.8 Å². The molecule has 3 rings (SSSR count). The van der Waals surface area contributed by atoms with Crippen LogP contribution in [0.1, 0.15) is 37.0 Å². The van der Waals surface area contributed by atoms with E-state index in [0.29, 0.717) is 23.7 Å². The summed E-state index contributed by atoms with van der Waals surface area (Å²) < 4.78 is 0.967. The Balaban J connectivity index is 1.85. The third-order valence-electron chi connectivity index (χ3n) is 5.98. The Kier molecular flexibility index (Phi) is 11.4. The zero-order valence-corrected chi connectivity index (χ0v) is 23.8. The van der Waals surface area contributed by atoms with Crippen molar-refractivity contribution in [3.05, 3.63) is 105 Å². The van der Waals surface area contributed by atoms with Crippen LogP contribution in [0.25, 0.3) is 0 Å². The highest BCUT2D eigenvalue weighted by Gasteiger charge is 2.30. The molecule has 2 atom stereocenters. The molecule has 3 aromatic carbocycles. The smallest absolute Gasteiger partial charge is 0.243 e. The molecule has 0 aromatic heterocycles. The van der Waals surface area contributed by atoms with Gasteiger partial charge in [-0.3, -0.25) is 9.59 Å². The molecule has 0 aliphatic carbocycles. The van der Waals surface area contributed by atoms with Crippen LogP contribution in [0.5, 0.6) is 0 Å². The lowest BCUT2D eigenvalue weighted by molar-refractivity contribution is -0.139. The summed E-state index contributed by atoms with van der Waals surface area (Å²) in [5.74, 6) is 0.675. The van der Waals surface area contributed by atoms with E-state index in [1.54, 1.807) is 4.90 Å². The summed E-state index contributed by atoms with van der Waals surface area (Å²) in [6.45, 7) is 4.37. The highest BCUT2D eigenvalue weighted by atomic mass is 79.9. The van der Waals surface area contributed by atoms with E-state index in [4.69, 9.17) is 11.6 Å². The molecule has 2 amide bonds. The molecule has 0 aliphatic heterocycles. The fourth-order valence-electron chi connectivity index (χ4n) is 3.73. The summed E-state index contributed by atoms with van der Waals surface area (Å²) in [7, 11) is 0. The van der Waals surface area contributed by atoms with Gasteiger partial charge < -0.3 is 10.2 Å². The average molecular weight is 588 g/mol. The number of rotatable bonds is 12. The Bertz CT molecular complexity index is 1130. The first-order valence-corrected chi connectivity index (χ1v) is 14.4. The minimum Gasteiger partial charge on any atom is -0.352 e. The highest BCUT2D eigenvalue weighted by Crippen LogP contribution is 2.23. The molecular weight excluding hydrogens is 556 g/mol. The van der Waals surface area contributed by atoms with Crippen molar-refractivity contribution in [1.29, 1.82) is 0 Å². The summed E-state index contributed by atoms with van der Waals surface area (Å²) in [6, 6.07) is 24.8. The van der Waals surface area contributed by atoms with Crippen molar-refractivity contribution in [2.45, 2.75) is 51.1 Å². The van der Waals surface area contributed by atoms with Gasteiger partial charge in [0.1, 0.15) is 6.04 Å². The third-order valence-corrected chi connectivity index (χ3v) is 7.84. The van der Waals surface area contributed by atoms with Crippen LogP contribution in [0.15, 0.2) is 83.3 Å². The lowest BCUT2D eigenvalue weighted by atomic mass is 10.0. The van der Waals surface area contributed by atoms with Crippen molar-refractivity contribution >= 4 is 51.1 Å². The third kappa shape index (κ3) is 8.68. The fraction of sp³-hybridized carbons (Fsp3) is 0.310. The molecule has 190 valence electrons. The number of thioether (sulfide) groups is 1. The zero-order chi connectivity index (χ0) is 25.9. The van der Waals surface area contributed by atoms with E-state index in [2.05, 4.69) is 21.2 Å². The number of carbonyl (C=O) groups excluding carboxylic acids is 2. The quantitative estimate of drug-likeness (QED) is 0.251. The van der Waals surface area contributed by atoms with E-state index in [9.17, 15) is 9.59 Å². The predicted octanol–water partition coefficient (Wildman–Crippen LogP) is 6.89. The number of hydrogen-bond donors (Lipinski definition) is 1. The minimum absolute atomic E-state index is 0.0232. The van der Waals surface area contributed by atoms with Gasteiger partial charge >= 0.3 is 0 Å². The number of benzene rings is 3. The van der Waals surface area contributed by atoms with Crippen molar-refractivity contribution in [1.82, 2.24) is 10.2 Å². The molecule has 0 aliphatic rings. The molecular formula is C29H32BrClN2O2S. The molecule has 7 heteroatoms. The van der Waals surface area contributed by atoms with Crippen molar-refractivity contribution < 1.29 is 9.59 Å². The van der Waals surface area contributed by atoms with Crippen LogP contribution in [0.3, 0.4) is 0 Å². The first-order chi connectivity index (χ1) is 17.4. The molecule has 0 unspecified atom stereocenters. The Morgan fingerprint density at radius 2 is 1.64 bits per heavy atom. The molecule has 0 saturated heterocycles. The number of nitrogens with zero attached hydrogens (tertiary/aromatic N) is 1. The van der Waals surface area contributed by atoms with Crippen LogP contribution in [-0.2, 0) is 28.3 Å². The second-order valence-corrected chi connectivity index (χ2v) is 11.1. The van der Waals surface area contributed by atoms with E-state index in [1.807, 2.05) is 92.7 Å². The van der Waals surface area contributed by atoms with Crippen molar-refractivity contribution in [2.75, 3.05) is 5.75 Å². The molecule has 0 fully saturated rings. The summed E-state index contributed by atoms with van der Waals surface area (Å²) in [4.78, 5) is 28.9. The van der Waals surface area contributed by atoms with Gasteiger partial charge in [0, 0.05) is 34.3 Å². The molecule has 0 spiro atoms. The first kappa shape index (κ1) is 28.3. The van der Waals surface area contributed by atoms with Crippen molar-refractivity contribution in [3.63, 3.8) is 0 Å². The van der Waals surface area contributed by atoms with Crippen LogP contribution in [-0.4, -0.2) is 34.6 Å². The molecule has 1 N–H and O–H groups in total. The van der Waals surface area contributed by atoms with Crippen molar-refractivity contribution in [3.8, 4) is 0 Å². The molecule has 3 aromatic rings. The summed E-state index contributed by atoms with van der Waals surface area (Å²) in [5, 5.41) is 3.80. The van der Waals surface area contributed by atoms with Crippen LogP contribution >= 0.6 is 39.3 Å². The topological polar surface area (TPSA) is 49.4 Å². The zero-order valence-electron chi connectivity index (χ0n) is 20.6. The number of hydrogen-bond acceptors (Lipinski definition) is 3. The van der Waals surface area contributed by atoms with Crippen LogP contribution in [0, 0.1) is 0 Å². The van der Waals surface area contributed by atoms with E-state index in [0.717, 1.165) is 27.6 Å². The van der Waals surface area contributed by atoms with Gasteiger partial charge in [-0.25, -0.2) is 0 Å². The second kappa shape index (κ2) is 14.5. The highest BCUT2D eigenvalue weighted by molar-refractivity contribution is 9.10. The summed E-state index contributed by atoms with van der Waals surface area (Å²) in [6.07, 6.45) is 1.26. The number of amides is 2. The van der Waals surface area contributed by atoms with Gasteiger partial charge in [-0.2, -0.15) is 0 Å². The second-order valence-electron chi connectivity index (χ2n) is 8.76. The molecule has 0 radical (unpaired) electrons. The monoisotopic (exact) mass is 586 g/mol. The minimum atomic E-state index is -0.626. The maximum Gasteiger partial charge on any atom is 0.243 e. The number of carbonyl (C=O) groups is 2. The first-order valence-electron chi connectivity index (χ1n) is 12.1. The molecule has 0 bridgehead atoms. The lowest BCUT2D eigenvalue weighted by Gasteiger charge is -2.32. The van der Waals surface area contributed by atoms with Gasteiger partial charge in [0.05, 0.1) is 5.75 Å². The van der Waals surface area contributed by atoms with E-state index >= 15 is 0 Å². The molecule has 4 nitrogen and oxygen atoms in total. The van der Waals surface area contributed by atoms with E-state index in [-0.39, 0.29) is 23.6 Å². The van der Waals surface area contributed by atoms with Gasteiger partial charge in [-0.1, -0.05) is 95.1 Å². The van der Waals surface area contributed by atoms with Crippen LogP contribution in [0.2, 0.25) is 5.02 Å². The van der Waals surface area contributed by atoms with Crippen molar-refractivity contribution in [2.24, 2.45) is 0 Å². The number of nitrogens with one attached hydrogen (secondary N) is 1. The van der Waals surface area contributed by atoms with Crippen LogP contribution in [0.4, 0.5) is 0 Å². The molecule has 0 heterocycles. The van der Waals surface area contributed by atoms with Gasteiger partial charge in [0.15, 0.2) is 0 Å². The average Bonchev–Trinajstić information content (AvgIpc) is 2.88. The predicted molar refractivity (Wildman–Crippen MR) is 154 cm³/mol. The maximum absolute atomic E-state index is 13.7. The Morgan fingerprint density at radius 3 is 2.31 bits per heavy atom. The standard InChI is InChI=1S/C29H32BrClN2O2S/c1-3-21(2)32-29(35)27(17-22-9-5-4-6-10-22)33(18-23-13-15-25(30)16-14-23)28(34)20-36-19-24-11-7-8-12-26(24)31/h4-16,21,27H,3,17-20H2,1-2H3,(H,32,35)/t21-,27-/m1/s1. The van der Waals surface area contributed by atoms with Gasteiger partial charge in [-0.15, -0.1) is 11.8 Å². The Hall–Kier alpha value is -2.28. The van der Waals surface area contributed by atoms with Gasteiger partial charge in [0.25, 0.3) is 0 Å². The van der Waals surface area contributed by atoms with Gasteiger partial charge in [-0.05, 0) is 48.2 Å². The molecule has 36 heavy (non-hydrogen) atoms. The van der Waals surface area contributed by atoms with Gasteiger partial charge in [0.2, 0.25) is 11.8 Å². The Morgan fingerprint density at radius 1 is 0.972 bits per heavy atom. The maximum atomic E-state index is 13.7. The summed E-state index contributed by atoms with van der Waals surface area (Å²) in [5.41, 5.74) is 2.97. The normalized spacial score (nSPS) is 12.6. The Labute approximate surface area is 231 Å².